The summed E-state index contributed by atoms with van der Waals surface area (Å²) in [5.74, 6) is -0.246. The molecule has 1 aliphatic carbocycles. The van der Waals surface area contributed by atoms with Crippen molar-refractivity contribution in [3.8, 4) is 0 Å². The van der Waals surface area contributed by atoms with Crippen LogP contribution in [0.4, 0.5) is 10.7 Å². The fourth-order valence-corrected chi connectivity index (χ4v) is 5.20. The van der Waals surface area contributed by atoms with Gasteiger partial charge in [0.25, 0.3) is 0 Å². The lowest BCUT2D eigenvalue weighted by molar-refractivity contribution is -0.251. The quantitative estimate of drug-likeness (QED) is 0.481. The summed E-state index contributed by atoms with van der Waals surface area (Å²) in [6.07, 6.45) is 3.72. The van der Waals surface area contributed by atoms with Crippen molar-refractivity contribution in [2.45, 2.75) is 50.6 Å². The lowest BCUT2D eigenvalue weighted by Gasteiger charge is -2.30. The Morgan fingerprint density at radius 1 is 1.22 bits per heavy atom. The number of fused-ring (bicyclic) bond motifs is 1. The monoisotopic (exact) mass is 533 g/mol. The van der Waals surface area contributed by atoms with Gasteiger partial charge in [-0.25, -0.2) is 9.97 Å². The van der Waals surface area contributed by atoms with Gasteiger partial charge in [0.2, 0.25) is 17.8 Å². The summed E-state index contributed by atoms with van der Waals surface area (Å²) in [5.41, 5.74) is 8.27. The van der Waals surface area contributed by atoms with Crippen LogP contribution >= 0.6 is 23.2 Å². The molecule has 0 saturated carbocycles. The lowest BCUT2D eigenvalue weighted by atomic mass is 9.87. The van der Waals surface area contributed by atoms with Gasteiger partial charge >= 0.3 is 0 Å². The number of hydrogen-bond acceptors (Lipinski definition) is 7. The highest BCUT2D eigenvalue weighted by atomic mass is 35.5. The number of aryl methyl sites for hydroxylation is 1. The Hall–Kier alpha value is -3.11. The van der Waals surface area contributed by atoms with Crippen molar-refractivity contribution in [3.63, 3.8) is 0 Å². The number of carbonyl (C=O) groups is 3. The van der Waals surface area contributed by atoms with E-state index in [0.29, 0.717) is 41.5 Å². The SMILES string of the molecule is Nc1ncc2c(n1)CCC(CNC(=O)[C@@H]1CCCN1C(=O)[C@@H](Cc1ccc(Cl)c(Cl)c1)NC(=O)[O-])C2. The fourth-order valence-electron chi connectivity index (χ4n) is 4.88. The minimum absolute atomic E-state index is 0.0443. The Balaban J connectivity index is 1.38. The van der Waals surface area contributed by atoms with Crippen molar-refractivity contribution in [1.82, 2.24) is 25.5 Å². The second-order valence-electron chi connectivity index (χ2n) is 9.18. The molecule has 1 aromatic heterocycles. The van der Waals surface area contributed by atoms with Crippen molar-refractivity contribution >= 4 is 47.1 Å². The van der Waals surface area contributed by atoms with Crippen molar-refractivity contribution in [3.05, 3.63) is 51.3 Å². The van der Waals surface area contributed by atoms with Gasteiger partial charge in [0, 0.05) is 31.4 Å². The van der Waals surface area contributed by atoms with Gasteiger partial charge in [0.05, 0.1) is 10.0 Å². The molecule has 0 radical (unpaired) electrons. The molecule has 2 aliphatic rings. The van der Waals surface area contributed by atoms with E-state index >= 15 is 0 Å². The molecule has 1 aromatic carbocycles. The van der Waals surface area contributed by atoms with Crippen molar-refractivity contribution in [2.75, 3.05) is 18.8 Å². The summed E-state index contributed by atoms with van der Waals surface area (Å²) in [4.78, 5) is 47.5. The van der Waals surface area contributed by atoms with Gasteiger partial charge in [-0.3, -0.25) is 9.59 Å². The third kappa shape index (κ3) is 6.17. The second-order valence-corrected chi connectivity index (χ2v) is 10.00. The summed E-state index contributed by atoms with van der Waals surface area (Å²) >= 11 is 12.0. The molecule has 36 heavy (non-hydrogen) atoms. The summed E-state index contributed by atoms with van der Waals surface area (Å²) in [6.45, 7) is 0.824. The molecule has 4 rings (SSSR count). The predicted molar refractivity (Wildman–Crippen MR) is 132 cm³/mol. The Bertz CT molecular complexity index is 1160. The van der Waals surface area contributed by atoms with E-state index in [0.717, 1.165) is 30.5 Å². The van der Waals surface area contributed by atoms with Crippen LogP contribution in [-0.2, 0) is 28.9 Å². The number of nitrogens with one attached hydrogen (secondary N) is 2. The van der Waals surface area contributed by atoms with Crippen LogP contribution in [-0.4, -0.2) is 57.9 Å². The molecule has 1 saturated heterocycles. The van der Waals surface area contributed by atoms with Crippen LogP contribution in [0.1, 0.15) is 36.1 Å². The average Bonchev–Trinajstić information content (AvgIpc) is 3.33. The molecule has 2 aromatic rings. The number of carboxylic acid groups (broad SMARTS) is 1. The number of halogens is 2. The average molecular weight is 534 g/mol. The number of nitrogen functional groups attached to an aromatic ring is 1. The molecule has 0 bridgehead atoms. The highest BCUT2D eigenvalue weighted by molar-refractivity contribution is 6.42. The molecule has 192 valence electrons. The molecule has 12 heteroatoms. The molecule has 1 aliphatic heterocycles. The van der Waals surface area contributed by atoms with Crippen LogP contribution in [0.5, 0.6) is 0 Å². The van der Waals surface area contributed by atoms with E-state index in [1.807, 2.05) is 0 Å². The van der Waals surface area contributed by atoms with E-state index < -0.39 is 24.1 Å². The number of aromatic nitrogens is 2. The van der Waals surface area contributed by atoms with Gasteiger partial charge in [-0.05, 0) is 61.3 Å². The van der Waals surface area contributed by atoms with E-state index in [1.165, 1.54) is 4.90 Å². The number of amides is 3. The van der Waals surface area contributed by atoms with E-state index in [1.54, 1.807) is 24.4 Å². The standard InChI is InChI=1S/C24H28Cl2N6O4/c25-16-5-3-13(9-17(16)26)10-19(31-24(35)36)22(34)32-7-1-2-20(32)21(33)28-11-14-4-6-18-15(8-14)12-29-23(27)30-18/h3,5,9,12,14,19-20,31H,1-2,4,6-8,10-11H2,(H,28,33)(H,35,36)(H2,27,29,30)/p-1/t14?,19-,20+/m1/s1. The minimum Gasteiger partial charge on any atom is -0.530 e. The number of hydrogen-bond donors (Lipinski definition) is 3. The topological polar surface area (TPSA) is 153 Å². The van der Waals surface area contributed by atoms with Crippen molar-refractivity contribution in [1.29, 1.82) is 0 Å². The Labute approximate surface area is 218 Å². The molecule has 2 heterocycles. The zero-order chi connectivity index (χ0) is 25.8. The van der Waals surface area contributed by atoms with Crippen LogP contribution < -0.4 is 21.5 Å². The predicted octanol–water partition coefficient (Wildman–Crippen LogP) is 1.12. The van der Waals surface area contributed by atoms with Gasteiger partial charge in [-0.1, -0.05) is 29.3 Å². The molecule has 10 nitrogen and oxygen atoms in total. The molecule has 1 unspecified atom stereocenters. The number of benzene rings is 1. The van der Waals surface area contributed by atoms with E-state index in [9.17, 15) is 19.5 Å². The van der Waals surface area contributed by atoms with Gasteiger partial charge in [-0.15, -0.1) is 0 Å². The first-order valence-electron chi connectivity index (χ1n) is 11.8. The Kier molecular flexibility index (Phi) is 8.15. The number of likely N-dealkylation sites (tertiary alicyclic amines) is 1. The summed E-state index contributed by atoms with van der Waals surface area (Å²) < 4.78 is 0. The van der Waals surface area contributed by atoms with E-state index in [2.05, 4.69) is 20.6 Å². The molecule has 3 atom stereocenters. The first-order chi connectivity index (χ1) is 17.2. The normalized spacial score (nSPS) is 19.9. The second kappa shape index (κ2) is 11.3. The lowest BCUT2D eigenvalue weighted by Crippen LogP contribution is -2.56. The number of carbonyl (C=O) groups excluding carboxylic acids is 3. The van der Waals surface area contributed by atoms with Crippen molar-refractivity contribution < 1.29 is 19.5 Å². The van der Waals surface area contributed by atoms with Crippen molar-refractivity contribution in [2.24, 2.45) is 5.92 Å². The summed E-state index contributed by atoms with van der Waals surface area (Å²) in [6, 6.07) is 3.04. The zero-order valence-electron chi connectivity index (χ0n) is 19.5. The highest BCUT2D eigenvalue weighted by Crippen LogP contribution is 2.26. The largest absolute Gasteiger partial charge is 0.530 e. The van der Waals surface area contributed by atoms with Crippen LogP contribution in [0, 0.1) is 5.92 Å². The number of anilines is 1. The van der Waals surface area contributed by atoms with Gasteiger partial charge < -0.3 is 31.2 Å². The van der Waals surface area contributed by atoms with Crippen LogP contribution in [0.3, 0.4) is 0 Å². The maximum absolute atomic E-state index is 13.3. The summed E-state index contributed by atoms with van der Waals surface area (Å²) in [5, 5.41) is 17.1. The van der Waals surface area contributed by atoms with Crippen LogP contribution in [0.15, 0.2) is 24.4 Å². The number of rotatable bonds is 7. The molecular weight excluding hydrogens is 507 g/mol. The maximum Gasteiger partial charge on any atom is 0.246 e. The summed E-state index contributed by atoms with van der Waals surface area (Å²) in [7, 11) is 0. The highest BCUT2D eigenvalue weighted by Gasteiger charge is 2.37. The zero-order valence-corrected chi connectivity index (χ0v) is 21.0. The molecular formula is C24H27Cl2N6O4-. The minimum atomic E-state index is -1.57. The van der Waals surface area contributed by atoms with Gasteiger partial charge in [-0.2, -0.15) is 0 Å². The van der Waals surface area contributed by atoms with Gasteiger partial charge in [0.1, 0.15) is 18.2 Å². The molecule has 3 amide bonds. The first-order valence-corrected chi connectivity index (χ1v) is 12.6. The molecule has 1 fully saturated rings. The first kappa shape index (κ1) is 26.0. The third-order valence-electron chi connectivity index (χ3n) is 6.69. The number of nitrogens with zero attached hydrogens (tertiary/aromatic N) is 3. The third-order valence-corrected chi connectivity index (χ3v) is 7.43. The molecule has 0 spiro atoms. The van der Waals surface area contributed by atoms with Gasteiger partial charge in [0.15, 0.2) is 0 Å². The van der Waals surface area contributed by atoms with E-state index in [-0.39, 0.29) is 24.2 Å². The molecule has 4 N–H and O–H groups in total. The Morgan fingerprint density at radius 2 is 2.03 bits per heavy atom. The van der Waals surface area contributed by atoms with Crippen LogP contribution in [0.25, 0.3) is 0 Å². The smallest absolute Gasteiger partial charge is 0.246 e. The van der Waals surface area contributed by atoms with Crippen LogP contribution in [0.2, 0.25) is 10.0 Å². The Morgan fingerprint density at radius 3 is 2.78 bits per heavy atom. The number of nitrogens with two attached hydrogens (primary N) is 1. The maximum atomic E-state index is 13.3. The van der Waals surface area contributed by atoms with E-state index in [4.69, 9.17) is 28.9 Å². The fraction of sp³-hybridized carbons (Fsp3) is 0.458.